The third-order valence-electron chi connectivity index (χ3n) is 8.15. The van der Waals surface area contributed by atoms with Gasteiger partial charge in [-0.3, -0.25) is 0 Å². The van der Waals surface area contributed by atoms with Gasteiger partial charge in [0, 0.05) is 27.1 Å². The Morgan fingerprint density at radius 2 is 2.06 bits per heavy atom. The molecule has 184 valence electrons. The average Bonchev–Trinajstić information content (AvgIpc) is 3.18. The Labute approximate surface area is 228 Å². The van der Waals surface area contributed by atoms with Gasteiger partial charge >= 0.3 is 29.6 Å². The van der Waals surface area contributed by atoms with Crippen molar-refractivity contribution >= 4 is 5.97 Å². The maximum absolute atomic E-state index is 11.4. The molecule has 6 rings (SSSR count). The number of carbonyl (C=O) groups excluding carboxylic acids is 1. The van der Waals surface area contributed by atoms with Crippen LogP contribution in [0, 0.1) is 5.92 Å². The van der Waals surface area contributed by atoms with E-state index in [-0.39, 0.29) is 41.5 Å². The van der Waals surface area contributed by atoms with Crippen LogP contribution < -0.4 is 44.1 Å². The zero-order valence-electron chi connectivity index (χ0n) is 22.4. The summed E-state index contributed by atoms with van der Waals surface area (Å²) >= 11 is 0. The summed E-state index contributed by atoms with van der Waals surface area (Å²) in [5, 5.41) is 42.2. The number of likely N-dealkylation sites (tertiary alicyclic amines) is 1. The van der Waals surface area contributed by atoms with Gasteiger partial charge in [-0.05, 0) is 38.0 Å². The number of piperidine rings is 1. The molecule has 11 heteroatoms. The first-order valence-electron chi connectivity index (χ1n) is 12.9. The van der Waals surface area contributed by atoms with Crippen molar-refractivity contribution < 1.29 is 77.8 Å². The van der Waals surface area contributed by atoms with Crippen molar-refractivity contribution in [3.8, 4) is 11.5 Å². The monoisotopic (exact) mass is 500 g/mol. The number of methoxy groups -OCH3 is 1. The molecule has 3 N–H and O–H groups in total. The Kier molecular flexibility index (Phi) is 5.59. The van der Waals surface area contributed by atoms with Crippen LogP contribution in [0.25, 0.3) is 0 Å². The summed E-state index contributed by atoms with van der Waals surface area (Å²) in [5.74, 6) is -0.883. The molecule has 1 aromatic carbocycles. The number of aliphatic carboxylic acids is 1. The molecule has 10 atom stereocenters. The van der Waals surface area contributed by atoms with Crippen LogP contribution in [0.4, 0.5) is 0 Å². The van der Waals surface area contributed by atoms with E-state index in [4.69, 9.17) is 23.1 Å². The van der Waals surface area contributed by atoms with Gasteiger partial charge in [-0.25, -0.2) is 0 Å². The average molecular weight is 500 g/mol. The fraction of sp³-hybridized carbons (Fsp3) is 0.625. The summed E-state index contributed by atoms with van der Waals surface area (Å²) in [4.78, 5) is 13.0. The van der Waals surface area contributed by atoms with E-state index < -0.39 is 61.3 Å². The fourth-order valence-electron chi connectivity index (χ4n) is 6.62. The number of aliphatic hydroxyl groups excluding tert-OH is 3. The Bertz CT molecular complexity index is 1150. The number of likely N-dealkylation sites (N-methyl/N-ethyl adjacent to an activating group) is 1. The molecule has 2 saturated heterocycles. The molecule has 0 aromatic heterocycles. The van der Waals surface area contributed by atoms with Gasteiger partial charge in [0.05, 0.1) is 13.1 Å². The molecule has 1 spiro atoms. The van der Waals surface area contributed by atoms with Gasteiger partial charge in [-0.15, -0.1) is 0 Å². The molecule has 0 amide bonds. The molecular formula is C24H28NNaO9. The number of carbonyl (C=O) groups is 1. The Balaban J connectivity index is 0.00000294. The van der Waals surface area contributed by atoms with Crippen molar-refractivity contribution in [1.29, 1.82) is 0 Å². The van der Waals surface area contributed by atoms with E-state index in [0.29, 0.717) is 30.9 Å². The van der Waals surface area contributed by atoms with Gasteiger partial charge in [-0.1, -0.05) is 18.2 Å². The second-order valence-electron chi connectivity index (χ2n) is 9.65. The number of carboxylic acid groups (broad SMARTS) is 1. The fourth-order valence-corrected chi connectivity index (χ4v) is 6.62. The first-order chi connectivity index (χ1) is 17.5. The van der Waals surface area contributed by atoms with Gasteiger partial charge in [-0.2, -0.15) is 0 Å². The first kappa shape index (κ1) is 21.8. The van der Waals surface area contributed by atoms with Gasteiger partial charge < -0.3 is 49.1 Å². The molecule has 1 aromatic rings. The van der Waals surface area contributed by atoms with E-state index in [9.17, 15) is 25.2 Å². The Hall–Kier alpha value is -1.21. The predicted octanol–water partition coefficient (Wildman–Crippen LogP) is -4.91. The molecule has 0 saturated carbocycles. The Morgan fingerprint density at radius 3 is 2.77 bits per heavy atom. The summed E-state index contributed by atoms with van der Waals surface area (Å²) in [6, 6.07) is 3.41. The van der Waals surface area contributed by atoms with Crippen molar-refractivity contribution in [3.05, 3.63) is 35.4 Å². The van der Waals surface area contributed by atoms with Crippen LogP contribution in [0.1, 0.15) is 21.7 Å². The molecule has 1 unspecified atom stereocenters. The number of benzene rings is 1. The molecule has 3 heterocycles. The zero-order valence-corrected chi connectivity index (χ0v) is 21.4. The van der Waals surface area contributed by atoms with Crippen LogP contribution >= 0.6 is 0 Å². The molecule has 2 fully saturated rings. The summed E-state index contributed by atoms with van der Waals surface area (Å²) < 4.78 is 47.7. The summed E-state index contributed by atoms with van der Waals surface area (Å²) in [7, 11) is 1.53. The summed E-state index contributed by atoms with van der Waals surface area (Å²) in [6.45, 7) is -1.97. The second-order valence-corrected chi connectivity index (χ2v) is 9.65. The van der Waals surface area contributed by atoms with Crippen molar-refractivity contribution in [3.63, 3.8) is 0 Å². The van der Waals surface area contributed by atoms with Gasteiger partial charge in [0.15, 0.2) is 17.8 Å². The third-order valence-corrected chi connectivity index (χ3v) is 8.15. The van der Waals surface area contributed by atoms with Crippen LogP contribution in [-0.2, 0) is 26.1 Å². The minimum atomic E-state index is -2.27. The summed E-state index contributed by atoms with van der Waals surface area (Å²) in [6.07, 6.45) is -5.93. The summed E-state index contributed by atoms with van der Waals surface area (Å²) in [5.41, 5.74) is 1.26. The smallest absolute Gasteiger partial charge is 0.547 e. The second kappa shape index (κ2) is 8.97. The predicted molar refractivity (Wildman–Crippen MR) is 113 cm³/mol. The first-order valence-corrected chi connectivity index (χ1v) is 11.4. The van der Waals surface area contributed by atoms with Crippen LogP contribution in [-0.4, -0.2) is 95.8 Å². The van der Waals surface area contributed by atoms with Gasteiger partial charge in [0.1, 0.15) is 36.6 Å². The van der Waals surface area contributed by atoms with Gasteiger partial charge in [0.2, 0.25) is 0 Å². The third kappa shape index (κ3) is 3.46. The van der Waals surface area contributed by atoms with Gasteiger partial charge in [0.25, 0.3) is 0 Å². The van der Waals surface area contributed by atoms with Crippen LogP contribution in [0.2, 0.25) is 0 Å². The van der Waals surface area contributed by atoms with E-state index in [2.05, 4.69) is 0 Å². The number of nitrogens with zero attached hydrogens (tertiary/aromatic N) is 1. The number of rotatable bonds is 4. The largest absolute Gasteiger partial charge is 1.00 e. The van der Waals surface area contributed by atoms with E-state index in [1.807, 2.05) is 12.1 Å². The SMILES string of the molecule is [2H]C([2H])([2H])N1CC[C@]23c4c5ccc(OC)c4O[C@H]2[C@@H](O[C@@H]2O[C@H](C(=O)[O-])[C@@H](O)C(O)[C@H]2O)C=C[C@H]3[C@H]1C5.[Na+]. The van der Waals surface area contributed by atoms with Crippen molar-refractivity contribution in [2.24, 2.45) is 5.92 Å². The molecular weight excluding hydrogens is 469 g/mol. The number of aliphatic hydroxyl groups is 3. The van der Waals surface area contributed by atoms with E-state index in [1.165, 1.54) is 7.11 Å². The number of hydrogen-bond donors (Lipinski definition) is 3. The maximum Gasteiger partial charge on any atom is 1.00 e. The number of carboxylic acids is 1. The molecule has 10 nitrogen and oxygen atoms in total. The van der Waals surface area contributed by atoms with Crippen molar-refractivity contribution in [2.75, 3.05) is 20.6 Å². The molecule has 0 radical (unpaired) electrons. The van der Waals surface area contributed by atoms with Crippen molar-refractivity contribution in [2.45, 2.75) is 67.2 Å². The molecule has 35 heavy (non-hydrogen) atoms. The van der Waals surface area contributed by atoms with E-state index in [0.717, 1.165) is 11.1 Å². The van der Waals surface area contributed by atoms with Crippen molar-refractivity contribution in [1.82, 2.24) is 4.90 Å². The molecule has 5 aliphatic rings. The van der Waals surface area contributed by atoms with Crippen LogP contribution in [0.5, 0.6) is 11.5 Å². The van der Waals surface area contributed by atoms with E-state index in [1.54, 1.807) is 17.0 Å². The minimum Gasteiger partial charge on any atom is -0.547 e. The normalized spacial score (nSPS) is 44.7. The maximum atomic E-state index is 11.4. The minimum absolute atomic E-state index is 0. The molecule has 2 aliphatic carbocycles. The number of hydrogen-bond acceptors (Lipinski definition) is 10. The quantitative estimate of drug-likeness (QED) is 0.272. The van der Waals surface area contributed by atoms with Crippen LogP contribution in [0.3, 0.4) is 0 Å². The zero-order chi connectivity index (χ0) is 26.4. The molecule has 2 bridgehead atoms. The Morgan fingerprint density at radius 1 is 1.26 bits per heavy atom. The topological polar surface area (TPSA) is 141 Å². The number of ether oxygens (including phenoxy) is 4. The van der Waals surface area contributed by atoms with E-state index >= 15 is 0 Å². The molecule has 3 aliphatic heterocycles. The standard InChI is InChI=1S/C24H29NO9.Na/c1-25-8-7-24-11-4-6-14(32-23-18(28)16(26)17(27)20(34-23)22(29)30)21(24)33-19-13(31-2)5-3-10(15(19)24)9-12(11)25;/h3-6,11-12,14,16-18,20-21,23,26-28H,7-9H2,1-2H3,(H,29,30);/q;+1/p-1/t11-,12+,14-,16?,17-,18+,20-,21-,23+,24-;/m0./s1/i1D3;. The van der Waals surface area contributed by atoms with Crippen LogP contribution in [0.15, 0.2) is 24.3 Å².